The Kier molecular flexibility index (Phi) is 1.49. The lowest BCUT2D eigenvalue weighted by Gasteiger charge is -1.96. The van der Waals surface area contributed by atoms with Gasteiger partial charge in [0.25, 0.3) is 0 Å². The molecule has 1 aliphatic rings. The molecule has 0 amide bonds. The molecule has 0 nitrogen and oxygen atoms in total. The topological polar surface area (TPSA) is 0 Å². The normalized spacial score (nSPS) is 30.6. The average Bonchev–Trinajstić information content (AvgIpc) is 1.87. The molecule has 1 unspecified atom stereocenters. The van der Waals surface area contributed by atoms with Crippen molar-refractivity contribution in [2.24, 2.45) is 0 Å². The summed E-state index contributed by atoms with van der Waals surface area (Å²) in [5.74, 6) is 0. The van der Waals surface area contributed by atoms with E-state index < -0.39 is 0 Å². The van der Waals surface area contributed by atoms with Gasteiger partial charge in [-0.1, -0.05) is 11.6 Å². The van der Waals surface area contributed by atoms with Gasteiger partial charge in [0.05, 0.1) is 0 Å². The van der Waals surface area contributed by atoms with Crippen LogP contribution in [0.5, 0.6) is 0 Å². The highest BCUT2D eigenvalue weighted by Gasteiger charge is 2.05. The third kappa shape index (κ3) is 1.28. The largest absolute Gasteiger partial charge is 0.102 e. The molecule has 0 radical (unpaired) electrons. The molecule has 0 aromatic rings. The van der Waals surface area contributed by atoms with E-state index in [4.69, 9.17) is 0 Å². The van der Waals surface area contributed by atoms with Crippen LogP contribution in [0.1, 0.15) is 6.92 Å². The fourth-order valence-corrected chi connectivity index (χ4v) is 2.60. The van der Waals surface area contributed by atoms with E-state index in [2.05, 4.69) is 19.7 Å². The van der Waals surface area contributed by atoms with Crippen molar-refractivity contribution in [3.63, 3.8) is 0 Å². The molecule has 0 N–H and O–H groups in total. The van der Waals surface area contributed by atoms with Gasteiger partial charge in [-0.15, -0.1) is 7.92 Å². The van der Waals surface area contributed by atoms with Crippen molar-refractivity contribution < 1.29 is 0 Å². The van der Waals surface area contributed by atoms with Crippen LogP contribution in [-0.4, -0.2) is 19.0 Å². The summed E-state index contributed by atoms with van der Waals surface area (Å²) in [6.07, 6.45) is 5.14. The second-order valence-electron chi connectivity index (χ2n) is 2.25. The molecule has 1 heterocycles. The van der Waals surface area contributed by atoms with Crippen LogP contribution >= 0.6 is 7.92 Å². The van der Waals surface area contributed by atoms with Gasteiger partial charge in [0, 0.05) is 0 Å². The zero-order valence-corrected chi connectivity index (χ0v) is 5.83. The fraction of sp³-hybridized carbons (Fsp3) is 0.667. The molecule has 0 aromatic heterocycles. The summed E-state index contributed by atoms with van der Waals surface area (Å²) >= 11 is 0. The summed E-state index contributed by atoms with van der Waals surface area (Å²) in [6, 6.07) is 0. The van der Waals surface area contributed by atoms with Crippen LogP contribution in [-0.2, 0) is 0 Å². The molecule has 40 valence electrons. The first-order valence-corrected chi connectivity index (χ1v) is 4.79. The molecule has 0 fully saturated rings. The third-order valence-electron chi connectivity index (χ3n) is 1.27. The third-order valence-corrected chi connectivity index (χ3v) is 3.12. The van der Waals surface area contributed by atoms with Crippen LogP contribution in [0.3, 0.4) is 0 Å². The highest BCUT2D eigenvalue weighted by molar-refractivity contribution is 7.57. The molecule has 0 saturated heterocycles. The van der Waals surface area contributed by atoms with Gasteiger partial charge < -0.3 is 0 Å². The van der Waals surface area contributed by atoms with Crippen molar-refractivity contribution in [1.82, 2.24) is 0 Å². The van der Waals surface area contributed by atoms with Crippen LogP contribution in [0.2, 0.25) is 0 Å². The minimum absolute atomic E-state index is 0.403. The molecular formula is C6H11P. The van der Waals surface area contributed by atoms with E-state index in [1.807, 2.05) is 0 Å². The summed E-state index contributed by atoms with van der Waals surface area (Å²) in [5, 5.41) is 0. The predicted molar refractivity (Wildman–Crippen MR) is 36.3 cm³/mol. The van der Waals surface area contributed by atoms with Crippen molar-refractivity contribution in [3.05, 3.63) is 11.6 Å². The molecule has 7 heavy (non-hydrogen) atoms. The zero-order chi connectivity index (χ0) is 5.28. The summed E-state index contributed by atoms with van der Waals surface area (Å²) in [7, 11) is 0.403. The Morgan fingerprint density at radius 1 is 1.71 bits per heavy atom. The minimum atomic E-state index is 0.403. The minimum Gasteiger partial charge on any atom is -0.102 e. The van der Waals surface area contributed by atoms with Gasteiger partial charge in [0.15, 0.2) is 0 Å². The van der Waals surface area contributed by atoms with E-state index in [0.29, 0.717) is 7.92 Å². The first kappa shape index (κ1) is 5.31. The van der Waals surface area contributed by atoms with Gasteiger partial charge in [-0.2, -0.15) is 0 Å². The molecule has 0 bridgehead atoms. The van der Waals surface area contributed by atoms with Crippen LogP contribution in [0.25, 0.3) is 0 Å². The maximum Gasteiger partial charge on any atom is -0.0117 e. The summed E-state index contributed by atoms with van der Waals surface area (Å²) in [4.78, 5) is 0. The van der Waals surface area contributed by atoms with Gasteiger partial charge in [0.1, 0.15) is 0 Å². The van der Waals surface area contributed by atoms with Gasteiger partial charge in [-0.3, -0.25) is 0 Å². The average molecular weight is 114 g/mol. The van der Waals surface area contributed by atoms with Crippen LogP contribution in [0.4, 0.5) is 0 Å². The smallest absolute Gasteiger partial charge is 0.0117 e. The molecule has 1 heteroatoms. The maximum atomic E-state index is 2.37. The molecule has 0 spiro atoms. The van der Waals surface area contributed by atoms with Crippen molar-refractivity contribution in [3.8, 4) is 0 Å². The lowest BCUT2D eigenvalue weighted by molar-refractivity contribution is 1.42. The Balaban J connectivity index is 2.42. The first-order valence-electron chi connectivity index (χ1n) is 2.63. The van der Waals surface area contributed by atoms with Gasteiger partial charge in [0.2, 0.25) is 0 Å². The Morgan fingerprint density at radius 2 is 2.43 bits per heavy atom. The number of rotatable bonds is 0. The molecule has 0 aliphatic carbocycles. The molecule has 1 aliphatic heterocycles. The molecule has 1 atom stereocenters. The van der Waals surface area contributed by atoms with Gasteiger partial charge >= 0.3 is 0 Å². The monoisotopic (exact) mass is 114 g/mol. The fourth-order valence-electron chi connectivity index (χ4n) is 0.867. The van der Waals surface area contributed by atoms with Gasteiger partial charge in [-0.05, 0) is 25.9 Å². The zero-order valence-electron chi connectivity index (χ0n) is 4.94. The second-order valence-corrected chi connectivity index (χ2v) is 4.64. The Bertz CT molecular complexity index is 94.4. The quantitative estimate of drug-likeness (QED) is 0.334. The lowest BCUT2D eigenvalue weighted by atomic mass is 10.3. The molecular weight excluding hydrogens is 103 g/mol. The SMILES string of the molecule is CC1=CCP(C)C1. The van der Waals surface area contributed by atoms with Crippen molar-refractivity contribution in [1.29, 1.82) is 0 Å². The van der Waals surface area contributed by atoms with E-state index in [-0.39, 0.29) is 0 Å². The van der Waals surface area contributed by atoms with Crippen molar-refractivity contribution in [2.45, 2.75) is 6.92 Å². The van der Waals surface area contributed by atoms with E-state index >= 15 is 0 Å². The van der Waals surface area contributed by atoms with Crippen LogP contribution < -0.4 is 0 Å². The van der Waals surface area contributed by atoms with E-state index in [9.17, 15) is 0 Å². The number of allylic oxidation sites excluding steroid dienone is 2. The maximum absolute atomic E-state index is 2.37. The van der Waals surface area contributed by atoms with E-state index in [0.717, 1.165) is 0 Å². The van der Waals surface area contributed by atoms with Crippen molar-refractivity contribution in [2.75, 3.05) is 19.0 Å². The van der Waals surface area contributed by atoms with E-state index in [1.54, 1.807) is 5.57 Å². The van der Waals surface area contributed by atoms with Gasteiger partial charge in [-0.25, -0.2) is 0 Å². The van der Waals surface area contributed by atoms with Crippen LogP contribution in [0, 0.1) is 0 Å². The molecule has 0 saturated carbocycles. The molecule has 1 rings (SSSR count). The lowest BCUT2D eigenvalue weighted by Crippen LogP contribution is -1.73. The van der Waals surface area contributed by atoms with E-state index in [1.165, 1.54) is 12.3 Å². The van der Waals surface area contributed by atoms with Crippen molar-refractivity contribution >= 4 is 7.92 Å². The first-order chi connectivity index (χ1) is 3.29. The second kappa shape index (κ2) is 1.96. The molecule has 0 aromatic carbocycles. The predicted octanol–water partition coefficient (Wildman–Crippen LogP) is 2.06. The summed E-state index contributed by atoms with van der Waals surface area (Å²) in [6.45, 7) is 4.59. The highest BCUT2D eigenvalue weighted by Crippen LogP contribution is 2.37. The number of hydrogen-bond acceptors (Lipinski definition) is 0. The summed E-state index contributed by atoms with van der Waals surface area (Å²) in [5.41, 5.74) is 1.61. The number of hydrogen-bond donors (Lipinski definition) is 0. The Labute approximate surface area is 46.4 Å². The highest BCUT2D eigenvalue weighted by atomic mass is 31.1. The Morgan fingerprint density at radius 3 is 2.57 bits per heavy atom. The standard InChI is InChI=1S/C6H11P/c1-6-3-4-7(2)5-6/h3H,4-5H2,1-2H3. The summed E-state index contributed by atoms with van der Waals surface area (Å²) < 4.78 is 0. The van der Waals surface area contributed by atoms with Crippen LogP contribution in [0.15, 0.2) is 11.6 Å². The Hall–Kier alpha value is 0.170.